The van der Waals surface area contributed by atoms with Gasteiger partial charge in [0, 0.05) is 5.75 Å². The first-order valence-corrected chi connectivity index (χ1v) is 5.84. The zero-order chi connectivity index (χ0) is 11.0. The van der Waals surface area contributed by atoms with Gasteiger partial charge in [0.15, 0.2) is 0 Å². The van der Waals surface area contributed by atoms with E-state index < -0.39 is 5.97 Å². The maximum atomic E-state index is 10.2. The number of carbonyl (C=O) groups is 1. The van der Waals surface area contributed by atoms with Crippen LogP contribution in [0.5, 0.6) is 0 Å². The number of thioether (sulfide) groups is 1. The van der Waals surface area contributed by atoms with E-state index in [9.17, 15) is 4.79 Å². The second-order valence-electron chi connectivity index (χ2n) is 3.86. The van der Waals surface area contributed by atoms with Crippen molar-refractivity contribution >= 4 is 17.7 Å². The highest BCUT2D eigenvalue weighted by Crippen LogP contribution is 2.22. The molecule has 0 fully saturated rings. The first-order valence-electron chi connectivity index (χ1n) is 4.69. The number of carboxylic acids is 1. The van der Waals surface area contributed by atoms with Crippen LogP contribution in [0.2, 0.25) is 0 Å². The van der Waals surface area contributed by atoms with E-state index in [1.54, 1.807) is 11.8 Å². The van der Waals surface area contributed by atoms with E-state index in [0.717, 1.165) is 18.6 Å². The molecule has 0 atom stereocenters. The lowest BCUT2D eigenvalue weighted by Crippen LogP contribution is -2.07. The van der Waals surface area contributed by atoms with Crippen LogP contribution in [0.4, 0.5) is 0 Å². The molecule has 0 aromatic heterocycles. The van der Waals surface area contributed by atoms with Gasteiger partial charge in [-0.2, -0.15) is 17.0 Å². The maximum Gasteiger partial charge on any atom is 0.304 e. The normalized spacial score (nSPS) is 10.9. The van der Waals surface area contributed by atoms with Crippen molar-refractivity contribution in [3.63, 3.8) is 0 Å². The summed E-state index contributed by atoms with van der Waals surface area (Å²) in [6.45, 7) is 3.85. The van der Waals surface area contributed by atoms with Crippen molar-refractivity contribution < 1.29 is 9.90 Å². The van der Waals surface area contributed by atoms with Crippen LogP contribution in [0.3, 0.4) is 0 Å². The minimum absolute atomic E-state index is 0.228. The highest BCUT2D eigenvalue weighted by atomic mass is 32.2. The number of nitriles is 1. The van der Waals surface area contributed by atoms with Gasteiger partial charge in [0.2, 0.25) is 0 Å². The van der Waals surface area contributed by atoms with Gasteiger partial charge >= 0.3 is 5.97 Å². The highest BCUT2D eigenvalue weighted by Gasteiger charge is 2.15. The molecular weight excluding hydrogens is 198 g/mol. The van der Waals surface area contributed by atoms with Crippen LogP contribution >= 0.6 is 11.8 Å². The molecule has 0 aromatic rings. The zero-order valence-corrected chi connectivity index (χ0v) is 9.56. The van der Waals surface area contributed by atoms with E-state index >= 15 is 0 Å². The fourth-order valence-corrected chi connectivity index (χ4v) is 1.81. The lowest BCUT2D eigenvalue weighted by atomic mass is 9.90. The maximum absolute atomic E-state index is 10.2. The molecule has 0 bridgehead atoms. The van der Waals surface area contributed by atoms with Crippen LogP contribution in [-0.4, -0.2) is 22.6 Å². The molecule has 14 heavy (non-hydrogen) atoms. The summed E-state index contributed by atoms with van der Waals surface area (Å²) in [6, 6.07) is 2.25. The summed E-state index contributed by atoms with van der Waals surface area (Å²) in [5.74, 6) is 0.871. The highest BCUT2D eigenvalue weighted by molar-refractivity contribution is 7.99. The summed E-state index contributed by atoms with van der Waals surface area (Å²) in [6.07, 6.45) is 2.08. The van der Waals surface area contributed by atoms with E-state index in [1.165, 1.54) is 0 Å². The monoisotopic (exact) mass is 215 g/mol. The number of carboxylic acid groups (broad SMARTS) is 1. The Kier molecular flexibility index (Phi) is 6.39. The van der Waals surface area contributed by atoms with Crippen molar-refractivity contribution in [2.24, 2.45) is 5.41 Å². The summed E-state index contributed by atoms with van der Waals surface area (Å²) >= 11 is 1.64. The Morgan fingerprint density at radius 2 is 2.14 bits per heavy atom. The second-order valence-corrected chi connectivity index (χ2v) is 5.08. The van der Waals surface area contributed by atoms with Crippen molar-refractivity contribution in [1.82, 2.24) is 0 Å². The van der Waals surface area contributed by atoms with E-state index in [4.69, 9.17) is 10.4 Å². The summed E-state index contributed by atoms with van der Waals surface area (Å²) in [4.78, 5) is 10.2. The first kappa shape index (κ1) is 13.3. The minimum Gasteiger partial charge on any atom is -0.481 e. The van der Waals surface area contributed by atoms with Gasteiger partial charge in [0.25, 0.3) is 0 Å². The SMILES string of the molecule is CC(C)(C#N)CCCSCCC(=O)O. The van der Waals surface area contributed by atoms with Crippen LogP contribution in [-0.2, 0) is 4.79 Å². The number of hydrogen-bond acceptors (Lipinski definition) is 3. The molecule has 0 aliphatic rings. The van der Waals surface area contributed by atoms with E-state index in [0.29, 0.717) is 5.75 Å². The molecule has 3 nitrogen and oxygen atoms in total. The molecule has 1 N–H and O–H groups in total. The lowest BCUT2D eigenvalue weighted by Gasteiger charge is -2.13. The van der Waals surface area contributed by atoms with Crippen molar-refractivity contribution in [1.29, 1.82) is 5.26 Å². The van der Waals surface area contributed by atoms with Crippen LogP contribution < -0.4 is 0 Å². The number of rotatable bonds is 7. The molecular formula is C10H17NO2S. The average Bonchev–Trinajstić information content (AvgIpc) is 2.10. The van der Waals surface area contributed by atoms with E-state index in [1.807, 2.05) is 13.8 Å². The minimum atomic E-state index is -0.741. The van der Waals surface area contributed by atoms with Crippen LogP contribution in [0.15, 0.2) is 0 Å². The Morgan fingerprint density at radius 3 is 2.64 bits per heavy atom. The average molecular weight is 215 g/mol. The Balaban J connectivity index is 3.31. The van der Waals surface area contributed by atoms with Crippen LogP contribution in [0.1, 0.15) is 33.1 Å². The molecule has 0 spiro atoms. The molecule has 4 heteroatoms. The van der Waals surface area contributed by atoms with E-state index in [-0.39, 0.29) is 11.8 Å². The molecule has 0 radical (unpaired) electrons. The van der Waals surface area contributed by atoms with Crippen LogP contribution in [0.25, 0.3) is 0 Å². The largest absolute Gasteiger partial charge is 0.481 e. The molecule has 0 amide bonds. The van der Waals surface area contributed by atoms with Crippen molar-refractivity contribution in [3.8, 4) is 6.07 Å². The lowest BCUT2D eigenvalue weighted by molar-refractivity contribution is -0.136. The number of aliphatic carboxylic acids is 1. The van der Waals surface area contributed by atoms with Gasteiger partial charge in [-0.05, 0) is 32.4 Å². The van der Waals surface area contributed by atoms with Crippen molar-refractivity contribution in [2.45, 2.75) is 33.1 Å². The standard InChI is InChI=1S/C10H17NO2S/c1-10(2,8-11)5-3-6-14-7-4-9(12)13/h3-7H2,1-2H3,(H,12,13). The Hall–Kier alpha value is -0.690. The summed E-state index contributed by atoms with van der Waals surface area (Å²) in [5, 5.41) is 17.1. The topological polar surface area (TPSA) is 61.1 Å². The van der Waals surface area contributed by atoms with Gasteiger partial charge in [-0.1, -0.05) is 0 Å². The van der Waals surface area contributed by atoms with Gasteiger partial charge in [-0.3, -0.25) is 4.79 Å². The van der Waals surface area contributed by atoms with Gasteiger partial charge in [0.05, 0.1) is 17.9 Å². The molecule has 0 saturated heterocycles. The third-order valence-corrected chi connectivity index (χ3v) is 2.92. The van der Waals surface area contributed by atoms with Gasteiger partial charge in [0.1, 0.15) is 0 Å². The third-order valence-electron chi connectivity index (χ3n) is 1.85. The van der Waals surface area contributed by atoms with Crippen molar-refractivity contribution in [2.75, 3.05) is 11.5 Å². The van der Waals surface area contributed by atoms with Crippen LogP contribution in [0, 0.1) is 16.7 Å². The molecule has 80 valence electrons. The Morgan fingerprint density at radius 1 is 1.50 bits per heavy atom. The molecule has 0 rings (SSSR count). The number of nitrogens with zero attached hydrogens (tertiary/aromatic N) is 1. The Bertz CT molecular complexity index is 221. The van der Waals surface area contributed by atoms with E-state index in [2.05, 4.69) is 6.07 Å². The molecule has 0 aliphatic heterocycles. The van der Waals surface area contributed by atoms with Gasteiger partial charge < -0.3 is 5.11 Å². The molecule has 0 saturated carbocycles. The molecule has 0 aromatic carbocycles. The van der Waals surface area contributed by atoms with Crippen molar-refractivity contribution in [3.05, 3.63) is 0 Å². The predicted octanol–water partition coefficient (Wildman–Crippen LogP) is 2.52. The molecule has 0 aliphatic carbocycles. The second kappa shape index (κ2) is 6.72. The Labute approximate surface area is 89.5 Å². The molecule has 0 heterocycles. The zero-order valence-electron chi connectivity index (χ0n) is 8.75. The summed E-state index contributed by atoms with van der Waals surface area (Å²) in [7, 11) is 0. The summed E-state index contributed by atoms with van der Waals surface area (Å²) in [5.41, 5.74) is -0.243. The fraction of sp³-hybridized carbons (Fsp3) is 0.800. The molecule has 0 unspecified atom stereocenters. The van der Waals surface area contributed by atoms with Gasteiger partial charge in [-0.25, -0.2) is 0 Å². The fourth-order valence-electron chi connectivity index (χ4n) is 0.934. The number of hydrogen-bond donors (Lipinski definition) is 1. The predicted molar refractivity (Wildman–Crippen MR) is 58.2 cm³/mol. The first-order chi connectivity index (χ1) is 6.48. The van der Waals surface area contributed by atoms with Gasteiger partial charge in [-0.15, -0.1) is 0 Å². The third kappa shape index (κ3) is 7.93. The summed E-state index contributed by atoms with van der Waals surface area (Å²) < 4.78 is 0. The quantitative estimate of drug-likeness (QED) is 0.663. The smallest absolute Gasteiger partial charge is 0.304 e.